The van der Waals surface area contributed by atoms with Gasteiger partial charge >= 0.3 is 0 Å². The lowest BCUT2D eigenvalue weighted by Gasteiger charge is -2.10. The summed E-state index contributed by atoms with van der Waals surface area (Å²) in [5.41, 5.74) is 6.03. The van der Waals surface area contributed by atoms with Crippen molar-refractivity contribution in [2.45, 2.75) is 20.8 Å². The highest BCUT2D eigenvalue weighted by atomic mass is 32.1. The average molecular weight is 374 g/mol. The zero-order chi connectivity index (χ0) is 18.8. The van der Waals surface area contributed by atoms with E-state index < -0.39 is 0 Å². The van der Waals surface area contributed by atoms with Crippen molar-refractivity contribution in [1.82, 2.24) is 0 Å². The van der Waals surface area contributed by atoms with E-state index in [-0.39, 0.29) is 0 Å². The minimum atomic E-state index is 0.679. The van der Waals surface area contributed by atoms with Gasteiger partial charge in [0.2, 0.25) is 0 Å². The molecule has 1 heterocycles. The predicted octanol–water partition coefficient (Wildman–Crippen LogP) is 7.33. The number of thiophene rings is 1. The third-order valence-electron chi connectivity index (χ3n) is 4.59. The molecule has 1 N–H and O–H groups in total. The number of hydrogen-bond donors (Lipinski definition) is 1. The molecule has 0 unspecified atom stereocenters. The monoisotopic (exact) mass is 373 g/mol. The van der Waals surface area contributed by atoms with E-state index in [1.54, 1.807) is 0 Å². The molecule has 0 aliphatic rings. The van der Waals surface area contributed by atoms with Gasteiger partial charge in [0.15, 0.2) is 0 Å². The summed E-state index contributed by atoms with van der Waals surface area (Å²) in [4.78, 5) is 1.27. The molecule has 0 saturated heterocycles. The molecule has 3 heteroatoms. The van der Waals surface area contributed by atoms with Gasteiger partial charge in [0.25, 0.3) is 0 Å². The van der Waals surface area contributed by atoms with Gasteiger partial charge < -0.3 is 10.1 Å². The molecule has 2 nitrogen and oxygen atoms in total. The summed E-state index contributed by atoms with van der Waals surface area (Å²) in [5, 5.41) is 4.91. The third-order valence-corrected chi connectivity index (χ3v) is 5.80. The molecule has 0 saturated carbocycles. The summed E-state index contributed by atoms with van der Waals surface area (Å²) in [7, 11) is 0. The van der Waals surface area contributed by atoms with Crippen LogP contribution in [0.4, 0.5) is 11.4 Å². The molecular formula is C24H23NOS. The van der Waals surface area contributed by atoms with Crippen molar-refractivity contribution in [2.75, 3.05) is 11.9 Å². The second-order valence-electron chi connectivity index (χ2n) is 6.75. The maximum atomic E-state index is 5.56. The van der Waals surface area contributed by atoms with Crippen molar-refractivity contribution in [1.29, 1.82) is 0 Å². The van der Waals surface area contributed by atoms with Crippen LogP contribution in [0.1, 0.15) is 18.1 Å². The Labute approximate surface area is 164 Å². The van der Waals surface area contributed by atoms with Crippen LogP contribution in [0.25, 0.3) is 20.5 Å². The van der Waals surface area contributed by atoms with Crippen molar-refractivity contribution in [3.8, 4) is 16.2 Å². The molecular weight excluding hydrogens is 350 g/mol. The number of fused-ring (bicyclic) bond motifs is 1. The number of rotatable bonds is 5. The molecule has 27 heavy (non-hydrogen) atoms. The fraction of sp³-hybridized carbons (Fsp3) is 0.167. The smallest absolute Gasteiger partial charge is 0.119 e. The van der Waals surface area contributed by atoms with E-state index >= 15 is 0 Å². The molecule has 0 bridgehead atoms. The Morgan fingerprint density at radius 1 is 0.852 bits per heavy atom. The Bertz CT molecular complexity index is 1060. The Morgan fingerprint density at radius 3 is 2.26 bits per heavy atom. The van der Waals surface area contributed by atoms with Gasteiger partial charge in [-0.1, -0.05) is 42.0 Å². The van der Waals surface area contributed by atoms with E-state index in [4.69, 9.17) is 4.74 Å². The van der Waals surface area contributed by atoms with E-state index in [2.05, 4.69) is 73.8 Å². The zero-order valence-corrected chi connectivity index (χ0v) is 16.7. The highest BCUT2D eigenvalue weighted by Gasteiger charge is 2.14. The molecule has 4 rings (SSSR count). The van der Waals surface area contributed by atoms with Gasteiger partial charge in [0, 0.05) is 15.8 Å². The Morgan fingerprint density at radius 2 is 1.56 bits per heavy atom. The first-order chi connectivity index (χ1) is 13.1. The van der Waals surface area contributed by atoms with Gasteiger partial charge in [-0.3, -0.25) is 0 Å². The van der Waals surface area contributed by atoms with E-state index in [9.17, 15) is 0 Å². The third kappa shape index (κ3) is 3.69. The molecule has 0 amide bonds. The van der Waals surface area contributed by atoms with Gasteiger partial charge in [-0.15, -0.1) is 11.3 Å². The van der Waals surface area contributed by atoms with Gasteiger partial charge in [-0.2, -0.15) is 0 Å². The number of nitrogens with one attached hydrogen (secondary N) is 1. The molecule has 0 aliphatic heterocycles. The highest BCUT2D eigenvalue weighted by molar-refractivity contribution is 7.23. The Kier molecular flexibility index (Phi) is 4.87. The molecule has 0 fully saturated rings. The number of anilines is 2. The molecule has 3 aromatic carbocycles. The van der Waals surface area contributed by atoms with Crippen LogP contribution in [0.15, 0.2) is 66.7 Å². The maximum absolute atomic E-state index is 5.56. The van der Waals surface area contributed by atoms with Crippen LogP contribution in [-0.2, 0) is 0 Å². The molecule has 1 aromatic heterocycles. The van der Waals surface area contributed by atoms with Crippen molar-refractivity contribution >= 4 is 32.8 Å². The maximum Gasteiger partial charge on any atom is 0.119 e. The van der Waals surface area contributed by atoms with Crippen molar-refractivity contribution in [3.05, 3.63) is 77.9 Å². The number of benzene rings is 3. The molecule has 0 spiro atoms. The first kappa shape index (κ1) is 17.6. The minimum Gasteiger partial charge on any atom is -0.494 e. The van der Waals surface area contributed by atoms with Crippen molar-refractivity contribution in [2.24, 2.45) is 0 Å². The van der Waals surface area contributed by atoms with Gasteiger partial charge in [-0.25, -0.2) is 0 Å². The van der Waals surface area contributed by atoms with Gasteiger partial charge in [0.1, 0.15) is 5.75 Å². The fourth-order valence-corrected chi connectivity index (χ4v) is 4.44. The van der Waals surface area contributed by atoms with Gasteiger partial charge in [0.05, 0.1) is 17.2 Å². The van der Waals surface area contributed by atoms with E-state index in [1.807, 2.05) is 30.4 Å². The molecule has 0 atom stereocenters. The summed E-state index contributed by atoms with van der Waals surface area (Å²) in [6, 6.07) is 23.6. The first-order valence-electron chi connectivity index (χ1n) is 9.24. The summed E-state index contributed by atoms with van der Waals surface area (Å²) in [5.74, 6) is 0.896. The highest BCUT2D eigenvalue weighted by Crippen LogP contribution is 2.44. The van der Waals surface area contributed by atoms with Crippen LogP contribution in [0.2, 0.25) is 0 Å². The second-order valence-corrected chi connectivity index (χ2v) is 7.81. The first-order valence-corrected chi connectivity index (χ1v) is 10.1. The summed E-state index contributed by atoms with van der Waals surface area (Å²) in [6.45, 7) is 6.94. The number of aryl methyl sites for hydroxylation is 2. The summed E-state index contributed by atoms with van der Waals surface area (Å²) in [6.07, 6.45) is 0. The van der Waals surface area contributed by atoms with Crippen LogP contribution in [0, 0.1) is 13.8 Å². The van der Waals surface area contributed by atoms with E-state index in [1.165, 1.54) is 37.3 Å². The SMILES string of the molecule is CCOc1ccc(Nc2c(-c3ccc(C)cc3)sc3cc(C)ccc23)cc1. The van der Waals surface area contributed by atoms with Crippen LogP contribution >= 0.6 is 11.3 Å². The summed E-state index contributed by atoms with van der Waals surface area (Å²) >= 11 is 1.84. The lowest BCUT2D eigenvalue weighted by atomic mass is 10.1. The predicted molar refractivity (Wildman–Crippen MR) is 118 cm³/mol. The lowest BCUT2D eigenvalue weighted by Crippen LogP contribution is -1.93. The van der Waals surface area contributed by atoms with E-state index in [0.29, 0.717) is 6.61 Å². The lowest BCUT2D eigenvalue weighted by molar-refractivity contribution is 0.340. The molecule has 0 radical (unpaired) electrons. The standard InChI is InChI=1S/C24H23NOS/c1-4-26-20-12-10-19(11-13-20)25-23-21-14-7-17(3)15-22(21)27-24(23)18-8-5-16(2)6-9-18/h5-15,25H,4H2,1-3H3. The Balaban J connectivity index is 1.79. The number of ether oxygens (including phenoxy) is 1. The van der Waals surface area contributed by atoms with Crippen molar-refractivity contribution < 1.29 is 4.74 Å². The molecule has 4 aromatic rings. The van der Waals surface area contributed by atoms with Crippen LogP contribution in [0.3, 0.4) is 0 Å². The second kappa shape index (κ2) is 7.45. The quantitative estimate of drug-likeness (QED) is 0.395. The van der Waals surface area contributed by atoms with Gasteiger partial charge in [-0.05, 0) is 62.2 Å². The Hall–Kier alpha value is -2.78. The molecule has 0 aliphatic carbocycles. The van der Waals surface area contributed by atoms with Crippen LogP contribution in [0.5, 0.6) is 5.75 Å². The topological polar surface area (TPSA) is 21.3 Å². The normalized spacial score (nSPS) is 10.9. The summed E-state index contributed by atoms with van der Waals surface area (Å²) < 4.78 is 6.86. The largest absolute Gasteiger partial charge is 0.494 e. The number of hydrogen-bond acceptors (Lipinski definition) is 3. The minimum absolute atomic E-state index is 0.679. The zero-order valence-electron chi connectivity index (χ0n) is 15.9. The van der Waals surface area contributed by atoms with E-state index in [0.717, 1.165) is 11.4 Å². The van der Waals surface area contributed by atoms with Crippen LogP contribution < -0.4 is 10.1 Å². The average Bonchev–Trinajstić information content (AvgIpc) is 3.01. The fourth-order valence-electron chi connectivity index (χ4n) is 3.18. The van der Waals surface area contributed by atoms with Crippen LogP contribution in [-0.4, -0.2) is 6.61 Å². The molecule has 136 valence electrons. The van der Waals surface area contributed by atoms with Crippen molar-refractivity contribution in [3.63, 3.8) is 0 Å².